The number of benzene rings is 1. The molecule has 0 aromatic heterocycles. The van der Waals surface area contributed by atoms with Gasteiger partial charge >= 0.3 is 0 Å². The molecule has 0 unspecified atom stereocenters. The SMILES string of the molecule is CC(C)[C@H]1NC(=O)C[C@@H](C(=O)N2CCC(O)CC2)NC(=O)c2ccccc2OCCNC1=O. The molecule has 3 rings (SSSR count). The molecule has 1 aromatic rings. The lowest BCUT2D eigenvalue weighted by Crippen LogP contribution is -2.55. The number of hydrogen-bond donors (Lipinski definition) is 4. The van der Waals surface area contributed by atoms with Gasteiger partial charge in [0.05, 0.1) is 24.6 Å². The van der Waals surface area contributed by atoms with Crippen molar-refractivity contribution >= 4 is 23.6 Å². The number of para-hydroxylation sites is 1. The van der Waals surface area contributed by atoms with Crippen molar-refractivity contribution in [3.63, 3.8) is 0 Å². The number of nitrogens with zero attached hydrogens (tertiary/aromatic N) is 1. The van der Waals surface area contributed by atoms with Crippen LogP contribution in [0.1, 0.15) is 43.5 Å². The van der Waals surface area contributed by atoms with Crippen LogP contribution in [0.4, 0.5) is 0 Å². The number of carbonyl (C=O) groups is 4. The Morgan fingerprint density at radius 2 is 1.82 bits per heavy atom. The molecular formula is C23H32N4O6. The molecule has 33 heavy (non-hydrogen) atoms. The molecule has 10 heteroatoms. The fraction of sp³-hybridized carbons (Fsp3) is 0.565. The summed E-state index contributed by atoms with van der Waals surface area (Å²) < 4.78 is 5.71. The number of hydrogen-bond acceptors (Lipinski definition) is 6. The zero-order chi connectivity index (χ0) is 24.0. The summed E-state index contributed by atoms with van der Waals surface area (Å²) in [6.07, 6.45) is 0.0871. The van der Waals surface area contributed by atoms with Gasteiger partial charge in [0, 0.05) is 13.1 Å². The van der Waals surface area contributed by atoms with E-state index in [0.717, 1.165) is 0 Å². The van der Waals surface area contributed by atoms with Crippen LogP contribution in [0.2, 0.25) is 0 Å². The van der Waals surface area contributed by atoms with E-state index in [1.54, 1.807) is 29.2 Å². The Morgan fingerprint density at radius 1 is 1.12 bits per heavy atom. The van der Waals surface area contributed by atoms with Gasteiger partial charge < -0.3 is 30.7 Å². The molecule has 0 radical (unpaired) electrons. The number of carbonyl (C=O) groups excluding carboxylic acids is 4. The highest BCUT2D eigenvalue weighted by Crippen LogP contribution is 2.19. The van der Waals surface area contributed by atoms with Crippen molar-refractivity contribution in [2.75, 3.05) is 26.2 Å². The summed E-state index contributed by atoms with van der Waals surface area (Å²) in [6.45, 7) is 4.63. The molecule has 1 aromatic carbocycles. The predicted molar refractivity (Wildman–Crippen MR) is 119 cm³/mol. The van der Waals surface area contributed by atoms with Crippen LogP contribution in [0.3, 0.4) is 0 Å². The van der Waals surface area contributed by atoms with Crippen LogP contribution in [0.25, 0.3) is 0 Å². The molecule has 0 spiro atoms. The number of aliphatic hydroxyl groups excluding tert-OH is 1. The van der Waals surface area contributed by atoms with Gasteiger partial charge in [0.1, 0.15) is 24.4 Å². The van der Waals surface area contributed by atoms with Gasteiger partial charge in [-0.25, -0.2) is 0 Å². The van der Waals surface area contributed by atoms with E-state index in [0.29, 0.717) is 31.7 Å². The summed E-state index contributed by atoms with van der Waals surface area (Å²) >= 11 is 0. The van der Waals surface area contributed by atoms with E-state index < -0.39 is 35.9 Å². The minimum Gasteiger partial charge on any atom is -0.491 e. The van der Waals surface area contributed by atoms with Crippen LogP contribution in [0.15, 0.2) is 24.3 Å². The van der Waals surface area contributed by atoms with Crippen molar-refractivity contribution in [2.45, 2.75) is 51.3 Å². The second-order valence-electron chi connectivity index (χ2n) is 8.71. The number of piperidine rings is 1. The van der Waals surface area contributed by atoms with E-state index in [1.807, 2.05) is 13.8 Å². The van der Waals surface area contributed by atoms with E-state index >= 15 is 0 Å². The molecule has 180 valence electrons. The molecule has 0 saturated carbocycles. The summed E-state index contributed by atoms with van der Waals surface area (Å²) in [6, 6.07) is 4.69. The van der Waals surface area contributed by atoms with Crippen molar-refractivity contribution in [3.05, 3.63) is 29.8 Å². The summed E-state index contributed by atoms with van der Waals surface area (Å²) in [7, 11) is 0. The highest BCUT2D eigenvalue weighted by atomic mass is 16.5. The number of ether oxygens (including phenoxy) is 1. The van der Waals surface area contributed by atoms with Gasteiger partial charge in [-0.3, -0.25) is 19.2 Å². The van der Waals surface area contributed by atoms with Gasteiger partial charge in [0.25, 0.3) is 5.91 Å². The van der Waals surface area contributed by atoms with E-state index in [9.17, 15) is 24.3 Å². The zero-order valence-electron chi connectivity index (χ0n) is 19.0. The van der Waals surface area contributed by atoms with Crippen LogP contribution >= 0.6 is 0 Å². The molecule has 2 aliphatic rings. The monoisotopic (exact) mass is 460 g/mol. The average molecular weight is 461 g/mol. The quantitative estimate of drug-likeness (QED) is 0.483. The molecule has 0 aliphatic carbocycles. The molecule has 1 saturated heterocycles. The second kappa shape index (κ2) is 11.1. The van der Waals surface area contributed by atoms with Crippen molar-refractivity contribution in [1.82, 2.24) is 20.9 Å². The Kier molecular flexibility index (Phi) is 8.26. The first kappa shape index (κ1) is 24.5. The highest BCUT2D eigenvalue weighted by molar-refractivity contribution is 6.01. The van der Waals surface area contributed by atoms with Crippen LogP contribution in [-0.4, -0.2) is 78.1 Å². The Hall–Kier alpha value is -3.14. The fourth-order valence-electron chi connectivity index (χ4n) is 3.92. The molecule has 1 fully saturated rings. The Bertz CT molecular complexity index is 881. The van der Waals surface area contributed by atoms with Crippen molar-refractivity contribution in [3.8, 4) is 5.75 Å². The molecule has 2 atom stereocenters. The lowest BCUT2D eigenvalue weighted by atomic mass is 10.0. The van der Waals surface area contributed by atoms with Gasteiger partial charge in [0.15, 0.2) is 0 Å². The van der Waals surface area contributed by atoms with Crippen LogP contribution < -0.4 is 20.7 Å². The van der Waals surface area contributed by atoms with E-state index in [2.05, 4.69) is 16.0 Å². The Labute approximate surface area is 193 Å². The standard InChI is InChI=1S/C23H32N4O6/c1-14(2)20-22(31)24-9-12-33-18-6-4-3-5-16(18)21(30)25-17(13-19(29)26-20)23(32)27-10-7-15(28)8-11-27/h3-6,14-15,17,20,28H,7-13H2,1-2H3,(H,24,31)(H,25,30)(H,26,29)/t17-,20+/m0/s1. The first-order valence-electron chi connectivity index (χ1n) is 11.3. The summed E-state index contributed by atoms with van der Waals surface area (Å²) in [5, 5.41) is 17.9. The summed E-state index contributed by atoms with van der Waals surface area (Å²) in [5.41, 5.74) is 0.230. The topological polar surface area (TPSA) is 137 Å². The molecule has 0 bridgehead atoms. The maximum atomic E-state index is 13.2. The first-order chi connectivity index (χ1) is 15.8. The highest BCUT2D eigenvalue weighted by Gasteiger charge is 2.33. The van der Waals surface area contributed by atoms with Gasteiger partial charge in [-0.1, -0.05) is 26.0 Å². The van der Waals surface area contributed by atoms with Crippen LogP contribution in [0, 0.1) is 5.92 Å². The molecule has 10 nitrogen and oxygen atoms in total. The maximum absolute atomic E-state index is 13.2. The second-order valence-corrected chi connectivity index (χ2v) is 8.71. The first-order valence-corrected chi connectivity index (χ1v) is 11.3. The van der Waals surface area contributed by atoms with Crippen molar-refractivity contribution < 1.29 is 29.0 Å². The minimum absolute atomic E-state index is 0.132. The Balaban J connectivity index is 1.88. The Morgan fingerprint density at radius 3 is 2.52 bits per heavy atom. The number of nitrogens with one attached hydrogen (secondary N) is 3. The third-order valence-electron chi connectivity index (χ3n) is 5.83. The molecule has 4 amide bonds. The van der Waals surface area contributed by atoms with Gasteiger partial charge in [-0.15, -0.1) is 0 Å². The fourth-order valence-corrected chi connectivity index (χ4v) is 3.92. The lowest BCUT2D eigenvalue weighted by Gasteiger charge is -2.33. The van der Waals surface area contributed by atoms with E-state index in [-0.39, 0.29) is 37.0 Å². The molecule has 4 N–H and O–H groups in total. The largest absolute Gasteiger partial charge is 0.491 e. The maximum Gasteiger partial charge on any atom is 0.255 e. The number of rotatable bonds is 2. The normalized spacial score (nSPS) is 23.5. The van der Waals surface area contributed by atoms with Gasteiger partial charge in [-0.2, -0.15) is 0 Å². The lowest BCUT2D eigenvalue weighted by molar-refractivity contribution is -0.138. The van der Waals surface area contributed by atoms with Gasteiger partial charge in [0.2, 0.25) is 17.7 Å². The average Bonchev–Trinajstić information content (AvgIpc) is 2.79. The third kappa shape index (κ3) is 6.44. The van der Waals surface area contributed by atoms with E-state index in [1.165, 1.54) is 0 Å². The smallest absolute Gasteiger partial charge is 0.255 e. The zero-order valence-corrected chi connectivity index (χ0v) is 19.0. The summed E-state index contributed by atoms with van der Waals surface area (Å²) in [4.78, 5) is 53.3. The predicted octanol–water partition coefficient (Wildman–Crippen LogP) is -0.192. The third-order valence-corrected chi connectivity index (χ3v) is 5.83. The molecule has 2 heterocycles. The number of aliphatic hydroxyl groups is 1. The number of amides is 4. The van der Waals surface area contributed by atoms with E-state index in [4.69, 9.17) is 4.74 Å². The van der Waals surface area contributed by atoms with Gasteiger partial charge in [-0.05, 0) is 30.9 Å². The number of likely N-dealkylation sites (tertiary alicyclic amines) is 1. The van der Waals surface area contributed by atoms with Crippen molar-refractivity contribution in [1.29, 1.82) is 0 Å². The van der Waals surface area contributed by atoms with Crippen LogP contribution in [0.5, 0.6) is 5.75 Å². The molecular weight excluding hydrogens is 428 g/mol. The van der Waals surface area contributed by atoms with Crippen molar-refractivity contribution in [2.24, 2.45) is 5.92 Å². The molecule has 2 aliphatic heterocycles. The minimum atomic E-state index is -1.13. The summed E-state index contributed by atoms with van der Waals surface area (Å²) in [5.74, 6) is -1.66. The number of fused-ring (bicyclic) bond motifs is 1. The van der Waals surface area contributed by atoms with Crippen LogP contribution in [-0.2, 0) is 14.4 Å².